The lowest BCUT2D eigenvalue weighted by atomic mass is 10.1. The minimum Gasteiger partial charge on any atom is -0.386 e. The molecule has 3 heterocycles. The van der Waals surface area contributed by atoms with E-state index in [0.29, 0.717) is 0 Å². The molecule has 0 aromatic carbocycles. The van der Waals surface area contributed by atoms with Crippen LogP contribution in [0.4, 0.5) is 0 Å². The van der Waals surface area contributed by atoms with Crippen LogP contribution in [0.15, 0.2) is 23.3 Å². The first-order valence-corrected chi connectivity index (χ1v) is 8.14. The van der Waals surface area contributed by atoms with E-state index in [0.717, 1.165) is 4.57 Å². The number of hydrogen-bond donors (Lipinski definition) is 2. The standard InChI is InChI=1S/C11H16N3O7P/c12-2-5-18-22(17)19-6-7-9(21-22)8(15)10(20-7)14-4-1-3-13-11(14)16/h1,3-4,7-10,15H,2,5-6,12H2/t7-,8?,9-,10-,22?/m1/s1. The van der Waals surface area contributed by atoms with E-state index in [1.165, 1.54) is 18.5 Å². The van der Waals surface area contributed by atoms with Crippen molar-refractivity contribution in [2.24, 2.45) is 5.73 Å². The fraction of sp³-hybridized carbons (Fsp3) is 0.636. The summed E-state index contributed by atoms with van der Waals surface area (Å²) in [5, 5.41) is 10.3. The highest BCUT2D eigenvalue weighted by atomic mass is 31.2. The molecule has 0 radical (unpaired) electrons. The molecule has 22 heavy (non-hydrogen) atoms. The van der Waals surface area contributed by atoms with Crippen LogP contribution in [0.5, 0.6) is 0 Å². The van der Waals surface area contributed by atoms with Crippen LogP contribution in [0.2, 0.25) is 0 Å². The van der Waals surface area contributed by atoms with Crippen molar-refractivity contribution in [3.63, 3.8) is 0 Å². The molecule has 0 saturated carbocycles. The molecule has 10 nitrogen and oxygen atoms in total. The number of rotatable bonds is 4. The van der Waals surface area contributed by atoms with Gasteiger partial charge in [0.1, 0.15) is 18.3 Å². The Hall–Kier alpha value is -1.13. The normalized spacial score (nSPS) is 37.9. The number of aliphatic hydroxyl groups excluding tert-OH is 1. The molecule has 0 aliphatic carbocycles. The first kappa shape index (κ1) is 15.8. The molecule has 2 saturated heterocycles. The van der Waals surface area contributed by atoms with E-state index < -0.39 is 38.1 Å². The maximum Gasteiger partial charge on any atom is 0.475 e. The van der Waals surface area contributed by atoms with Gasteiger partial charge in [0.05, 0.1) is 13.2 Å². The molecule has 2 fully saturated rings. The van der Waals surface area contributed by atoms with Crippen LogP contribution in [0.1, 0.15) is 6.23 Å². The summed E-state index contributed by atoms with van der Waals surface area (Å²) in [5.74, 6) is 0. The Morgan fingerprint density at radius 2 is 2.41 bits per heavy atom. The molecular formula is C11H16N3O7P. The zero-order chi connectivity index (χ0) is 15.7. The van der Waals surface area contributed by atoms with Gasteiger partial charge in [-0.2, -0.15) is 0 Å². The first-order valence-electron chi connectivity index (χ1n) is 6.68. The van der Waals surface area contributed by atoms with Gasteiger partial charge in [-0.05, 0) is 6.07 Å². The molecule has 3 rings (SSSR count). The number of aliphatic hydroxyl groups is 1. The third-order valence-corrected chi connectivity index (χ3v) is 4.80. The second-order valence-corrected chi connectivity index (χ2v) is 6.42. The number of fused-ring (bicyclic) bond motifs is 1. The predicted octanol–water partition coefficient (Wildman–Crippen LogP) is -1.000. The van der Waals surface area contributed by atoms with Crippen LogP contribution in [0.25, 0.3) is 0 Å². The fourth-order valence-electron chi connectivity index (χ4n) is 2.35. The number of nitrogens with two attached hydrogens (primary N) is 1. The minimum absolute atomic E-state index is 0.00287. The largest absolute Gasteiger partial charge is 0.475 e. The zero-order valence-corrected chi connectivity index (χ0v) is 12.4. The van der Waals surface area contributed by atoms with E-state index in [-0.39, 0.29) is 19.8 Å². The van der Waals surface area contributed by atoms with Crippen LogP contribution >= 0.6 is 7.82 Å². The lowest BCUT2D eigenvalue weighted by Gasteiger charge is -2.30. The third kappa shape index (κ3) is 2.86. The number of nitrogens with zero attached hydrogens (tertiary/aromatic N) is 2. The summed E-state index contributed by atoms with van der Waals surface area (Å²) in [4.78, 5) is 15.3. The maximum absolute atomic E-state index is 12.2. The van der Waals surface area contributed by atoms with E-state index >= 15 is 0 Å². The summed E-state index contributed by atoms with van der Waals surface area (Å²) in [5.41, 5.74) is 4.70. The van der Waals surface area contributed by atoms with Gasteiger partial charge in [0.25, 0.3) is 0 Å². The molecule has 1 aromatic heterocycles. The van der Waals surface area contributed by atoms with Gasteiger partial charge in [-0.25, -0.2) is 14.3 Å². The van der Waals surface area contributed by atoms with Crippen molar-refractivity contribution in [3.05, 3.63) is 28.9 Å². The van der Waals surface area contributed by atoms with Gasteiger partial charge in [-0.1, -0.05) is 0 Å². The average molecular weight is 333 g/mol. The van der Waals surface area contributed by atoms with Crippen LogP contribution in [-0.4, -0.2) is 52.7 Å². The summed E-state index contributed by atoms with van der Waals surface area (Å²) in [6.45, 7) is 0.0593. The van der Waals surface area contributed by atoms with Gasteiger partial charge in [0.2, 0.25) is 0 Å². The SMILES string of the molecule is NCCOP1(=O)OC[C@H]2O[C@@H](n3cccnc3=O)C(O)[C@@H]2O1. The quantitative estimate of drug-likeness (QED) is 0.665. The lowest BCUT2D eigenvalue weighted by molar-refractivity contribution is -0.0721. The Morgan fingerprint density at radius 3 is 3.14 bits per heavy atom. The molecule has 3 N–H and O–H groups in total. The molecule has 122 valence electrons. The van der Waals surface area contributed by atoms with Gasteiger partial charge in [0.15, 0.2) is 6.23 Å². The molecule has 11 heteroatoms. The van der Waals surface area contributed by atoms with Gasteiger partial charge in [-0.3, -0.25) is 18.1 Å². The summed E-state index contributed by atoms with van der Waals surface area (Å²) in [6.07, 6.45) is -1.05. The summed E-state index contributed by atoms with van der Waals surface area (Å²) < 4.78 is 34.2. The highest BCUT2D eigenvalue weighted by molar-refractivity contribution is 7.48. The first-order chi connectivity index (χ1) is 10.5. The van der Waals surface area contributed by atoms with Crippen molar-refractivity contribution in [3.8, 4) is 0 Å². The average Bonchev–Trinajstić information content (AvgIpc) is 2.82. The third-order valence-electron chi connectivity index (χ3n) is 3.34. The molecule has 1 aromatic rings. The summed E-state index contributed by atoms with van der Waals surface area (Å²) in [7, 11) is -3.79. The van der Waals surface area contributed by atoms with Crippen molar-refractivity contribution in [1.29, 1.82) is 0 Å². The van der Waals surface area contributed by atoms with E-state index in [9.17, 15) is 14.5 Å². The number of hydrogen-bond acceptors (Lipinski definition) is 9. The molecule has 0 bridgehead atoms. The van der Waals surface area contributed by atoms with Crippen LogP contribution in [-0.2, 0) is 22.9 Å². The van der Waals surface area contributed by atoms with Crippen molar-refractivity contribution in [2.75, 3.05) is 19.8 Å². The molecular weight excluding hydrogens is 317 g/mol. The van der Waals surface area contributed by atoms with Crippen molar-refractivity contribution >= 4 is 7.82 Å². The minimum atomic E-state index is -3.79. The topological polar surface area (TPSA) is 135 Å². The molecule has 2 aliphatic heterocycles. The highest BCUT2D eigenvalue weighted by Gasteiger charge is 2.53. The van der Waals surface area contributed by atoms with Gasteiger partial charge < -0.3 is 15.6 Å². The van der Waals surface area contributed by atoms with E-state index in [2.05, 4.69) is 4.98 Å². The number of aromatic nitrogens is 2. The second kappa shape index (κ2) is 6.17. The lowest BCUT2D eigenvalue weighted by Crippen LogP contribution is -2.40. The van der Waals surface area contributed by atoms with Crippen molar-refractivity contribution in [1.82, 2.24) is 9.55 Å². The van der Waals surface area contributed by atoms with Gasteiger partial charge in [0, 0.05) is 18.9 Å². The smallest absolute Gasteiger partial charge is 0.386 e. The number of ether oxygens (including phenoxy) is 1. The highest BCUT2D eigenvalue weighted by Crippen LogP contribution is 2.56. The molecule has 0 amide bonds. The predicted molar refractivity (Wildman–Crippen MR) is 71.9 cm³/mol. The van der Waals surface area contributed by atoms with Crippen molar-refractivity contribution in [2.45, 2.75) is 24.5 Å². The van der Waals surface area contributed by atoms with E-state index in [1.807, 2.05) is 0 Å². The Balaban J connectivity index is 1.78. The molecule has 2 aliphatic rings. The molecule has 5 atom stereocenters. The Kier molecular flexibility index (Phi) is 4.42. The zero-order valence-electron chi connectivity index (χ0n) is 11.5. The Bertz CT molecular complexity index is 638. The van der Waals surface area contributed by atoms with Crippen LogP contribution in [0.3, 0.4) is 0 Å². The van der Waals surface area contributed by atoms with E-state index in [4.69, 9.17) is 24.0 Å². The van der Waals surface area contributed by atoms with E-state index in [1.54, 1.807) is 0 Å². The van der Waals surface area contributed by atoms with Crippen molar-refractivity contribution < 1.29 is 28.0 Å². The monoisotopic (exact) mass is 333 g/mol. The second-order valence-electron chi connectivity index (χ2n) is 4.80. The Labute approximate surface area is 125 Å². The fourth-order valence-corrected chi connectivity index (χ4v) is 3.77. The molecule has 0 spiro atoms. The van der Waals surface area contributed by atoms with Crippen LogP contribution in [0, 0.1) is 0 Å². The summed E-state index contributed by atoms with van der Waals surface area (Å²) in [6, 6.07) is 1.53. The summed E-state index contributed by atoms with van der Waals surface area (Å²) >= 11 is 0. The van der Waals surface area contributed by atoms with Gasteiger partial charge in [-0.15, -0.1) is 0 Å². The molecule has 2 unspecified atom stereocenters. The number of phosphoric ester groups is 1. The maximum atomic E-state index is 12.2. The van der Waals surface area contributed by atoms with Gasteiger partial charge >= 0.3 is 13.5 Å². The Morgan fingerprint density at radius 1 is 1.59 bits per heavy atom. The number of phosphoric acid groups is 1. The van der Waals surface area contributed by atoms with Crippen LogP contribution < -0.4 is 11.4 Å².